The molecule has 0 bridgehead atoms. The van der Waals surface area contributed by atoms with E-state index in [0.717, 1.165) is 16.9 Å². The minimum atomic E-state index is -0.0312. The zero-order valence-electron chi connectivity index (χ0n) is 16.6. The van der Waals surface area contributed by atoms with E-state index in [1.165, 1.54) is 22.9 Å². The average molecular weight is 396 g/mol. The lowest BCUT2D eigenvalue weighted by Crippen LogP contribution is -2.24. The molecular weight excluding hydrogens is 370 g/mol. The van der Waals surface area contributed by atoms with E-state index in [1.807, 2.05) is 53.9 Å². The highest BCUT2D eigenvalue weighted by molar-refractivity contribution is 7.99. The number of carbonyl (C=O) groups excluding carboxylic acids is 1. The van der Waals surface area contributed by atoms with Crippen molar-refractivity contribution in [3.05, 3.63) is 65.5 Å². The molecule has 0 fully saturated rings. The summed E-state index contributed by atoms with van der Waals surface area (Å²) < 4.78 is 1.91. The summed E-state index contributed by atoms with van der Waals surface area (Å²) in [6.45, 7) is 4.67. The molecule has 146 valence electrons. The van der Waals surface area contributed by atoms with E-state index in [-0.39, 0.29) is 5.91 Å². The van der Waals surface area contributed by atoms with E-state index < -0.39 is 0 Å². The quantitative estimate of drug-likeness (QED) is 0.622. The van der Waals surface area contributed by atoms with Crippen molar-refractivity contribution < 1.29 is 4.79 Å². The highest BCUT2D eigenvalue weighted by Crippen LogP contribution is 2.21. The Labute approximate surface area is 170 Å². The number of amides is 1. The molecule has 1 N–H and O–H groups in total. The second kappa shape index (κ2) is 8.93. The zero-order valence-corrected chi connectivity index (χ0v) is 17.5. The van der Waals surface area contributed by atoms with Crippen molar-refractivity contribution in [3.8, 4) is 5.69 Å². The number of nitrogens with zero attached hydrogens (tertiary/aromatic N) is 4. The highest BCUT2D eigenvalue weighted by atomic mass is 32.2. The van der Waals surface area contributed by atoms with Gasteiger partial charge in [0.25, 0.3) is 0 Å². The van der Waals surface area contributed by atoms with Crippen LogP contribution in [0, 0.1) is 13.8 Å². The molecule has 0 saturated heterocycles. The van der Waals surface area contributed by atoms with E-state index in [9.17, 15) is 4.79 Å². The van der Waals surface area contributed by atoms with Gasteiger partial charge in [0.15, 0.2) is 5.16 Å². The standard InChI is InChI=1S/C21H25N5OS/c1-15-5-8-19(11-16(15)2)26-14-23-24-21(26)28-13-20(27)22-12-17-6-9-18(10-7-17)25(3)4/h5-11,14H,12-13H2,1-4H3,(H,22,27). The van der Waals surface area contributed by atoms with Crippen LogP contribution < -0.4 is 10.2 Å². The van der Waals surface area contributed by atoms with Gasteiger partial charge in [-0.05, 0) is 54.8 Å². The number of benzene rings is 2. The fraction of sp³-hybridized carbons (Fsp3) is 0.286. The number of aromatic nitrogens is 3. The van der Waals surface area contributed by atoms with Gasteiger partial charge in [-0.25, -0.2) is 0 Å². The molecule has 3 rings (SSSR count). The molecule has 28 heavy (non-hydrogen) atoms. The van der Waals surface area contributed by atoms with E-state index >= 15 is 0 Å². The van der Waals surface area contributed by atoms with Crippen LogP contribution in [0.1, 0.15) is 16.7 Å². The number of anilines is 1. The molecule has 2 aromatic carbocycles. The van der Waals surface area contributed by atoms with Gasteiger partial charge in [0.2, 0.25) is 5.91 Å². The van der Waals surface area contributed by atoms with E-state index in [2.05, 4.69) is 41.5 Å². The first-order valence-electron chi connectivity index (χ1n) is 9.07. The molecule has 0 radical (unpaired) electrons. The Kier molecular flexibility index (Phi) is 6.36. The summed E-state index contributed by atoms with van der Waals surface area (Å²) in [7, 11) is 4.01. The summed E-state index contributed by atoms with van der Waals surface area (Å²) in [6.07, 6.45) is 1.68. The molecule has 0 spiro atoms. The number of aryl methyl sites for hydroxylation is 2. The predicted molar refractivity (Wildman–Crippen MR) is 114 cm³/mol. The summed E-state index contributed by atoms with van der Waals surface area (Å²) in [4.78, 5) is 14.3. The maximum Gasteiger partial charge on any atom is 0.230 e. The van der Waals surface area contributed by atoms with Gasteiger partial charge in [-0.1, -0.05) is 30.0 Å². The first kappa shape index (κ1) is 19.9. The van der Waals surface area contributed by atoms with Crippen molar-refractivity contribution in [3.63, 3.8) is 0 Å². The third-order valence-corrected chi connectivity index (χ3v) is 5.50. The number of hydrogen-bond acceptors (Lipinski definition) is 5. The second-order valence-electron chi connectivity index (χ2n) is 6.88. The van der Waals surface area contributed by atoms with Crippen LogP contribution >= 0.6 is 11.8 Å². The third-order valence-electron chi connectivity index (χ3n) is 4.56. The van der Waals surface area contributed by atoms with Gasteiger partial charge >= 0.3 is 0 Å². The molecule has 1 heterocycles. The predicted octanol–water partition coefficient (Wildman–Crippen LogP) is 3.36. The van der Waals surface area contributed by atoms with Crippen LogP contribution in [0.25, 0.3) is 5.69 Å². The van der Waals surface area contributed by atoms with Crippen LogP contribution in [-0.4, -0.2) is 40.5 Å². The Morgan fingerprint density at radius 1 is 1.11 bits per heavy atom. The van der Waals surface area contributed by atoms with Crippen LogP contribution in [0.2, 0.25) is 0 Å². The van der Waals surface area contributed by atoms with Gasteiger partial charge in [-0.3, -0.25) is 9.36 Å². The Morgan fingerprint density at radius 3 is 2.54 bits per heavy atom. The first-order valence-corrected chi connectivity index (χ1v) is 10.1. The van der Waals surface area contributed by atoms with Gasteiger partial charge < -0.3 is 10.2 Å². The van der Waals surface area contributed by atoms with E-state index in [1.54, 1.807) is 6.33 Å². The molecule has 0 atom stereocenters. The molecule has 0 aliphatic rings. The third kappa shape index (κ3) is 4.92. The van der Waals surface area contributed by atoms with Crippen molar-refractivity contribution in [2.75, 3.05) is 24.7 Å². The lowest BCUT2D eigenvalue weighted by Gasteiger charge is -2.13. The largest absolute Gasteiger partial charge is 0.378 e. The number of thioether (sulfide) groups is 1. The van der Waals surface area contributed by atoms with Gasteiger partial charge in [-0.2, -0.15) is 0 Å². The lowest BCUT2D eigenvalue weighted by molar-refractivity contribution is -0.118. The van der Waals surface area contributed by atoms with Gasteiger partial charge in [0, 0.05) is 32.0 Å². The van der Waals surface area contributed by atoms with E-state index in [4.69, 9.17) is 0 Å². The normalized spacial score (nSPS) is 10.7. The molecule has 0 aliphatic carbocycles. The maximum absolute atomic E-state index is 12.2. The Hall–Kier alpha value is -2.80. The van der Waals surface area contributed by atoms with Gasteiger partial charge in [0.05, 0.1) is 5.75 Å². The molecular formula is C21H25N5OS. The average Bonchev–Trinajstić information content (AvgIpc) is 3.16. The Bertz CT molecular complexity index is 950. The maximum atomic E-state index is 12.2. The number of nitrogens with one attached hydrogen (secondary N) is 1. The fourth-order valence-corrected chi connectivity index (χ4v) is 3.43. The topological polar surface area (TPSA) is 63.1 Å². The molecule has 0 unspecified atom stereocenters. The van der Waals surface area contributed by atoms with Crippen LogP contribution in [-0.2, 0) is 11.3 Å². The van der Waals surface area contributed by atoms with Gasteiger partial charge in [-0.15, -0.1) is 10.2 Å². The molecule has 1 amide bonds. The second-order valence-corrected chi connectivity index (χ2v) is 7.82. The van der Waals surface area contributed by atoms with Crippen molar-refractivity contribution in [1.29, 1.82) is 0 Å². The number of hydrogen-bond donors (Lipinski definition) is 1. The minimum absolute atomic E-state index is 0.0312. The Morgan fingerprint density at radius 2 is 1.86 bits per heavy atom. The highest BCUT2D eigenvalue weighted by Gasteiger charge is 2.11. The SMILES string of the molecule is Cc1ccc(-n2cnnc2SCC(=O)NCc2ccc(N(C)C)cc2)cc1C. The summed E-state index contributed by atoms with van der Waals surface area (Å²) in [5.74, 6) is 0.260. The van der Waals surface area contributed by atoms with Crippen LogP contribution in [0.4, 0.5) is 5.69 Å². The van der Waals surface area contributed by atoms with E-state index in [0.29, 0.717) is 17.5 Å². The summed E-state index contributed by atoms with van der Waals surface area (Å²) in [6, 6.07) is 14.4. The van der Waals surface area contributed by atoms with Crippen molar-refractivity contribution in [2.24, 2.45) is 0 Å². The summed E-state index contributed by atoms with van der Waals surface area (Å²) in [5.41, 5.74) is 5.65. The smallest absolute Gasteiger partial charge is 0.230 e. The molecule has 0 aliphatic heterocycles. The minimum Gasteiger partial charge on any atom is -0.378 e. The summed E-state index contributed by atoms with van der Waals surface area (Å²) >= 11 is 1.38. The summed E-state index contributed by atoms with van der Waals surface area (Å²) in [5, 5.41) is 11.8. The van der Waals surface area contributed by atoms with Crippen molar-refractivity contribution in [2.45, 2.75) is 25.5 Å². The van der Waals surface area contributed by atoms with Crippen molar-refractivity contribution >= 4 is 23.4 Å². The molecule has 6 nitrogen and oxygen atoms in total. The van der Waals surface area contributed by atoms with Crippen LogP contribution in [0.15, 0.2) is 53.9 Å². The van der Waals surface area contributed by atoms with Crippen LogP contribution in [0.5, 0.6) is 0 Å². The molecule has 1 aromatic heterocycles. The zero-order chi connectivity index (χ0) is 20.1. The van der Waals surface area contributed by atoms with Crippen molar-refractivity contribution in [1.82, 2.24) is 20.1 Å². The Balaban J connectivity index is 1.55. The molecule has 3 aromatic rings. The lowest BCUT2D eigenvalue weighted by atomic mass is 10.1. The molecule has 7 heteroatoms. The monoisotopic (exact) mass is 395 g/mol. The van der Waals surface area contributed by atoms with Crippen LogP contribution in [0.3, 0.4) is 0 Å². The fourth-order valence-electron chi connectivity index (χ4n) is 2.67. The first-order chi connectivity index (χ1) is 13.4. The number of carbonyl (C=O) groups is 1. The van der Waals surface area contributed by atoms with Gasteiger partial charge in [0.1, 0.15) is 6.33 Å². The molecule has 0 saturated carbocycles. The number of rotatable bonds is 7.